The first-order chi connectivity index (χ1) is 12.3. The molecule has 0 spiro atoms. The number of piperidine rings is 1. The zero-order chi connectivity index (χ0) is 17.1. The summed E-state index contributed by atoms with van der Waals surface area (Å²) in [5.74, 6) is 1.46. The summed E-state index contributed by atoms with van der Waals surface area (Å²) in [6.07, 6.45) is 5.95. The minimum Gasteiger partial charge on any atom is -0.368 e. The Labute approximate surface area is 147 Å². The van der Waals surface area contributed by atoms with Gasteiger partial charge in [0.05, 0.1) is 11.2 Å². The molecule has 1 aliphatic rings. The molecule has 3 heterocycles. The zero-order valence-electron chi connectivity index (χ0n) is 14.5. The standard InChI is InChI=1S/C20H23N5/c1-14-4-2-6-16(10-14)17-11-18-19(23-9-8-22-18)20(25-17)24-13-15-5-3-7-21-12-15/h2,4,6,8-11,15,21H,3,5,7,12-13H2,1H3,(H,24,25). The van der Waals surface area contributed by atoms with E-state index in [9.17, 15) is 0 Å². The van der Waals surface area contributed by atoms with Crippen molar-refractivity contribution in [3.05, 3.63) is 48.3 Å². The summed E-state index contributed by atoms with van der Waals surface area (Å²) in [4.78, 5) is 13.8. The molecule has 0 saturated carbocycles. The average Bonchev–Trinajstić information content (AvgIpc) is 2.67. The van der Waals surface area contributed by atoms with Gasteiger partial charge in [-0.05, 0) is 50.9 Å². The van der Waals surface area contributed by atoms with Gasteiger partial charge in [-0.15, -0.1) is 0 Å². The van der Waals surface area contributed by atoms with E-state index >= 15 is 0 Å². The monoisotopic (exact) mass is 333 g/mol. The number of nitrogens with zero attached hydrogens (tertiary/aromatic N) is 3. The summed E-state index contributed by atoms with van der Waals surface area (Å²) in [6.45, 7) is 5.20. The van der Waals surface area contributed by atoms with E-state index in [1.54, 1.807) is 12.4 Å². The lowest BCUT2D eigenvalue weighted by Gasteiger charge is -2.23. The molecule has 0 aliphatic carbocycles. The number of anilines is 1. The van der Waals surface area contributed by atoms with Gasteiger partial charge in [-0.1, -0.05) is 23.8 Å². The lowest BCUT2D eigenvalue weighted by Crippen LogP contribution is -2.33. The molecule has 3 aromatic rings. The van der Waals surface area contributed by atoms with Crippen LogP contribution in [0.1, 0.15) is 18.4 Å². The Morgan fingerprint density at radius 2 is 2.12 bits per heavy atom. The fourth-order valence-corrected chi connectivity index (χ4v) is 3.39. The Bertz CT molecular complexity index is 871. The highest BCUT2D eigenvalue weighted by Gasteiger charge is 2.15. The zero-order valence-corrected chi connectivity index (χ0v) is 14.5. The van der Waals surface area contributed by atoms with Crippen LogP contribution < -0.4 is 10.6 Å². The highest BCUT2D eigenvalue weighted by Crippen LogP contribution is 2.26. The number of pyridine rings is 1. The van der Waals surface area contributed by atoms with Gasteiger partial charge in [-0.3, -0.25) is 4.98 Å². The van der Waals surface area contributed by atoms with Gasteiger partial charge >= 0.3 is 0 Å². The predicted octanol–water partition coefficient (Wildman–Crippen LogP) is 3.41. The third-order valence-electron chi connectivity index (χ3n) is 4.73. The van der Waals surface area contributed by atoms with Crippen molar-refractivity contribution in [1.82, 2.24) is 20.3 Å². The van der Waals surface area contributed by atoms with Gasteiger partial charge in [0.15, 0.2) is 5.82 Å². The lowest BCUT2D eigenvalue weighted by atomic mass is 10.00. The summed E-state index contributed by atoms with van der Waals surface area (Å²) < 4.78 is 0. The van der Waals surface area contributed by atoms with Crippen molar-refractivity contribution in [2.45, 2.75) is 19.8 Å². The van der Waals surface area contributed by atoms with Gasteiger partial charge in [0, 0.05) is 24.5 Å². The van der Waals surface area contributed by atoms with Crippen LogP contribution >= 0.6 is 0 Å². The lowest BCUT2D eigenvalue weighted by molar-refractivity contribution is 0.392. The van der Waals surface area contributed by atoms with Gasteiger partial charge in [-0.25, -0.2) is 9.97 Å². The van der Waals surface area contributed by atoms with Crippen LogP contribution in [0, 0.1) is 12.8 Å². The van der Waals surface area contributed by atoms with Crippen molar-refractivity contribution in [3.8, 4) is 11.3 Å². The van der Waals surface area contributed by atoms with E-state index in [-0.39, 0.29) is 0 Å². The maximum Gasteiger partial charge on any atom is 0.154 e. The van der Waals surface area contributed by atoms with Crippen molar-refractivity contribution in [1.29, 1.82) is 0 Å². The van der Waals surface area contributed by atoms with Gasteiger partial charge in [0.2, 0.25) is 0 Å². The Balaban J connectivity index is 1.68. The molecule has 1 fully saturated rings. The number of rotatable bonds is 4. The SMILES string of the molecule is Cc1cccc(-c2cc3nccnc3c(NCC3CCCNC3)n2)c1. The third kappa shape index (κ3) is 3.61. The molecule has 1 aromatic carbocycles. The summed E-state index contributed by atoms with van der Waals surface area (Å²) in [5.41, 5.74) is 4.97. The molecule has 1 saturated heterocycles. The van der Waals surface area contributed by atoms with Crippen LogP contribution in [-0.2, 0) is 0 Å². The van der Waals surface area contributed by atoms with Crippen molar-refractivity contribution in [2.75, 3.05) is 25.0 Å². The summed E-state index contributed by atoms with van der Waals surface area (Å²) >= 11 is 0. The topological polar surface area (TPSA) is 62.7 Å². The number of aryl methyl sites for hydroxylation is 1. The van der Waals surface area contributed by atoms with Gasteiger partial charge < -0.3 is 10.6 Å². The number of hydrogen-bond donors (Lipinski definition) is 2. The number of fused-ring (bicyclic) bond motifs is 1. The summed E-state index contributed by atoms with van der Waals surface area (Å²) in [5, 5.41) is 6.99. The van der Waals surface area contributed by atoms with Crippen molar-refractivity contribution >= 4 is 16.9 Å². The van der Waals surface area contributed by atoms with E-state index in [1.807, 2.05) is 6.07 Å². The molecule has 1 atom stereocenters. The van der Waals surface area contributed by atoms with E-state index in [0.717, 1.165) is 47.7 Å². The van der Waals surface area contributed by atoms with Crippen LogP contribution in [0.3, 0.4) is 0 Å². The van der Waals surface area contributed by atoms with Crippen LogP contribution in [0.5, 0.6) is 0 Å². The fraction of sp³-hybridized carbons (Fsp3) is 0.350. The highest BCUT2D eigenvalue weighted by atomic mass is 15.0. The van der Waals surface area contributed by atoms with E-state index in [0.29, 0.717) is 5.92 Å². The Morgan fingerprint density at radius 3 is 2.96 bits per heavy atom. The molecule has 2 N–H and O–H groups in total. The molecule has 0 bridgehead atoms. The van der Waals surface area contributed by atoms with Crippen LogP contribution in [0.4, 0.5) is 5.82 Å². The normalized spacial score (nSPS) is 17.6. The van der Waals surface area contributed by atoms with Crippen LogP contribution in [-0.4, -0.2) is 34.6 Å². The minimum atomic E-state index is 0.630. The van der Waals surface area contributed by atoms with Crippen molar-refractivity contribution in [3.63, 3.8) is 0 Å². The van der Waals surface area contributed by atoms with E-state index < -0.39 is 0 Å². The number of nitrogens with one attached hydrogen (secondary N) is 2. The second-order valence-corrected chi connectivity index (χ2v) is 6.74. The van der Waals surface area contributed by atoms with Crippen molar-refractivity contribution in [2.24, 2.45) is 5.92 Å². The van der Waals surface area contributed by atoms with Gasteiger partial charge in [0.25, 0.3) is 0 Å². The molecule has 5 nitrogen and oxygen atoms in total. The maximum absolute atomic E-state index is 4.86. The van der Waals surface area contributed by atoms with Gasteiger partial charge in [0.1, 0.15) is 5.52 Å². The second kappa shape index (κ2) is 7.15. The summed E-state index contributed by atoms with van der Waals surface area (Å²) in [7, 11) is 0. The first kappa shape index (κ1) is 16.0. The molecule has 128 valence electrons. The molecule has 0 amide bonds. The smallest absolute Gasteiger partial charge is 0.154 e. The van der Waals surface area contributed by atoms with Crippen LogP contribution in [0.15, 0.2) is 42.7 Å². The third-order valence-corrected chi connectivity index (χ3v) is 4.73. The van der Waals surface area contributed by atoms with E-state index in [1.165, 1.54) is 18.4 Å². The Hall–Kier alpha value is -2.53. The van der Waals surface area contributed by atoms with Crippen LogP contribution in [0.25, 0.3) is 22.3 Å². The molecule has 2 aromatic heterocycles. The molecule has 4 rings (SSSR count). The quantitative estimate of drug-likeness (QED) is 0.766. The van der Waals surface area contributed by atoms with E-state index in [4.69, 9.17) is 4.98 Å². The van der Waals surface area contributed by atoms with Crippen molar-refractivity contribution < 1.29 is 0 Å². The Kier molecular flexibility index (Phi) is 4.57. The fourth-order valence-electron chi connectivity index (χ4n) is 3.39. The second-order valence-electron chi connectivity index (χ2n) is 6.74. The highest BCUT2D eigenvalue weighted by molar-refractivity contribution is 5.88. The molecule has 1 unspecified atom stereocenters. The maximum atomic E-state index is 4.86. The first-order valence-corrected chi connectivity index (χ1v) is 8.93. The molecular formula is C20H23N5. The van der Waals surface area contributed by atoms with Gasteiger partial charge in [-0.2, -0.15) is 0 Å². The minimum absolute atomic E-state index is 0.630. The average molecular weight is 333 g/mol. The first-order valence-electron chi connectivity index (χ1n) is 8.93. The molecule has 1 aliphatic heterocycles. The molecular weight excluding hydrogens is 310 g/mol. The largest absolute Gasteiger partial charge is 0.368 e. The van der Waals surface area contributed by atoms with E-state index in [2.05, 4.69) is 51.8 Å². The molecule has 5 heteroatoms. The molecule has 25 heavy (non-hydrogen) atoms. The molecule has 0 radical (unpaired) electrons. The van der Waals surface area contributed by atoms with Crippen LogP contribution in [0.2, 0.25) is 0 Å². The number of benzene rings is 1. The Morgan fingerprint density at radius 1 is 1.20 bits per heavy atom. The number of aromatic nitrogens is 3. The number of hydrogen-bond acceptors (Lipinski definition) is 5. The predicted molar refractivity (Wildman–Crippen MR) is 102 cm³/mol. The summed E-state index contributed by atoms with van der Waals surface area (Å²) in [6, 6.07) is 10.4.